The SMILES string of the molecule is Cc1ccccc1C1CC(NC2CCN(C3CC3)C2)C1. The zero-order chi connectivity index (χ0) is 13.5. The van der Waals surface area contributed by atoms with Crippen molar-refractivity contribution in [3.05, 3.63) is 35.4 Å². The lowest BCUT2D eigenvalue weighted by molar-refractivity contribution is 0.254. The van der Waals surface area contributed by atoms with Crippen LogP contribution in [0.4, 0.5) is 0 Å². The van der Waals surface area contributed by atoms with Crippen molar-refractivity contribution < 1.29 is 0 Å². The molecule has 0 radical (unpaired) electrons. The molecular formula is C18H26N2. The fourth-order valence-corrected chi connectivity index (χ4v) is 4.08. The van der Waals surface area contributed by atoms with Gasteiger partial charge in [0.15, 0.2) is 0 Å². The first-order valence-electron chi connectivity index (χ1n) is 8.35. The molecule has 1 atom stereocenters. The Morgan fingerprint density at radius 3 is 2.60 bits per heavy atom. The van der Waals surface area contributed by atoms with E-state index in [1.165, 1.54) is 50.8 Å². The molecule has 3 fully saturated rings. The third-order valence-corrected chi connectivity index (χ3v) is 5.52. The normalized spacial score (nSPS) is 34.1. The summed E-state index contributed by atoms with van der Waals surface area (Å²) in [6.07, 6.45) is 6.94. The lowest BCUT2D eigenvalue weighted by atomic mass is 9.74. The number of benzene rings is 1. The second kappa shape index (κ2) is 5.16. The molecule has 0 amide bonds. The molecule has 1 N–H and O–H groups in total. The molecule has 3 aliphatic rings. The second-order valence-electron chi connectivity index (χ2n) is 7.10. The fourth-order valence-electron chi connectivity index (χ4n) is 4.08. The van der Waals surface area contributed by atoms with E-state index >= 15 is 0 Å². The highest BCUT2D eigenvalue weighted by Crippen LogP contribution is 2.39. The van der Waals surface area contributed by atoms with Gasteiger partial charge in [-0.2, -0.15) is 0 Å². The van der Waals surface area contributed by atoms with Crippen molar-refractivity contribution in [2.45, 2.75) is 63.1 Å². The van der Waals surface area contributed by atoms with Gasteiger partial charge in [-0.05, 0) is 56.1 Å². The first kappa shape index (κ1) is 12.8. The van der Waals surface area contributed by atoms with E-state index in [2.05, 4.69) is 41.4 Å². The third-order valence-electron chi connectivity index (χ3n) is 5.52. The van der Waals surface area contributed by atoms with Gasteiger partial charge in [-0.1, -0.05) is 24.3 Å². The fraction of sp³-hybridized carbons (Fsp3) is 0.667. The predicted octanol–water partition coefficient (Wildman–Crippen LogP) is 3.07. The van der Waals surface area contributed by atoms with E-state index in [1.807, 2.05) is 0 Å². The zero-order valence-corrected chi connectivity index (χ0v) is 12.5. The highest BCUT2D eigenvalue weighted by molar-refractivity contribution is 5.31. The van der Waals surface area contributed by atoms with Crippen LogP contribution in [0.25, 0.3) is 0 Å². The van der Waals surface area contributed by atoms with E-state index in [0.29, 0.717) is 0 Å². The number of hydrogen-bond donors (Lipinski definition) is 1. The molecule has 20 heavy (non-hydrogen) atoms. The molecule has 0 aromatic heterocycles. The van der Waals surface area contributed by atoms with E-state index in [9.17, 15) is 0 Å². The molecule has 1 aromatic carbocycles. The number of hydrogen-bond acceptors (Lipinski definition) is 2. The summed E-state index contributed by atoms with van der Waals surface area (Å²) in [5.74, 6) is 0.801. The van der Waals surface area contributed by atoms with Gasteiger partial charge >= 0.3 is 0 Å². The molecule has 4 rings (SSSR count). The molecule has 2 aliphatic carbocycles. The van der Waals surface area contributed by atoms with Gasteiger partial charge in [-0.3, -0.25) is 4.90 Å². The predicted molar refractivity (Wildman–Crippen MR) is 83.1 cm³/mol. The third kappa shape index (κ3) is 2.51. The van der Waals surface area contributed by atoms with Gasteiger partial charge in [0.2, 0.25) is 0 Å². The van der Waals surface area contributed by atoms with E-state index in [-0.39, 0.29) is 0 Å². The highest BCUT2D eigenvalue weighted by Gasteiger charge is 2.37. The first-order valence-corrected chi connectivity index (χ1v) is 8.35. The standard InChI is InChI=1S/C18H26N2/c1-13-4-2-3-5-18(13)14-10-16(11-14)19-15-8-9-20(12-15)17-6-7-17/h2-5,14-17,19H,6-12H2,1H3. The molecule has 0 bridgehead atoms. The van der Waals surface area contributed by atoms with Gasteiger partial charge in [0.1, 0.15) is 0 Å². The minimum Gasteiger partial charge on any atom is -0.310 e. The molecule has 0 spiro atoms. The monoisotopic (exact) mass is 270 g/mol. The largest absolute Gasteiger partial charge is 0.310 e. The highest BCUT2D eigenvalue weighted by atomic mass is 15.2. The van der Waals surface area contributed by atoms with Gasteiger partial charge in [0.05, 0.1) is 0 Å². The molecule has 108 valence electrons. The van der Waals surface area contributed by atoms with Crippen LogP contribution in [0.15, 0.2) is 24.3 Å². The van der Waals surface area contributed by atoms with Crippen molar-refractivity contribution in [1.29, 1.82) is 0 Å². The minimum absolute atomic E-state index is 0.762. The van der Waals surface area contributed by atoms with Crippen LogP contribution >= 0.6 is 0 Å². The van der Waals surface area contributed by atoms with Crippen molar-refractivity contribution in [3.8, 4) is 0 Å². The minimum atomic E-state index is 0.762. The molecule has 1 aliphatic heterocycles. The maximum absolute atomic E-state index is 3.91. The van der Waals surface area contributed by atoms with Crippen LogP contribution in [-0.4, -0.2) is 36.1 Å². The zero-order valence-electron chi connectivity index (χ0n) is 12.5. The number of likely N-dealkylation sites (tertiary alicyclic amines) is 1. The van der Waals surface area contributed by atoms with Crippen molar-refractivity contribution >= 4 is 0 Å². The maximum atomic E-state index is 3.91. The number of rotatable bonds is 4. The van der Waals surface area contributed by atoms with Gasteiger partial charge in [-0.25, -0.2) is 0 Å². The van der Waals surface area contributed by atoms with Gasteiger partial charge < -0.3 is 5.32 Å². The van der Waals surface area contributed by atoms with E-state index < -0.39 is 0 Å². The van der Waals surface area contributed by atoms with Crippen LogP contribution in [0.2, 0.25) is 0 Å². The van der Waals surface area contributed by atoms with Crippen molar-refractivity contribution in [2.75, 3.05) is 13.1 Å². The van der Waals surface area contributed by atoms with E-state index in [1.54, 1.807) is 5.56 Å². The summed E-state index contributed by atoms with van der Waals surface area (Å²) >= 11 is 0. The van der Waals surface area contributed by atoms with Crippen LogP contribution in [0.1, 0.15) is 49.1 Å². The Balaban J connectivity index is 1.26. The summed E-state index contributed by atoms with van der Waals surface area (Å²) in [6.45, 7) is 4.88. The Labute approximate surface area is 122 Å². The first-order chi connectivity index (χ1) is 9.79. The molecule has 2 nitrogen and oxygen atoms in total. The molecule has 2 saturated carbocycles. The Morgan fingerprint density at radius 2 is 1.85 bits per heavy atom. The summed E-state index contributed by atoms with van der Waals surface area (Å²) in [6, 6.07) is 11.4. The number of nitrogens with one attached hydrogen (secondary N) is 1. The summed E-state index contributed by atoms with van der Waals surface area (Å²) < 4.78 is 0. The van der Waals surface area contributed by atoms with Crippen molar-refractivity contribution in [2.24, 2.45) is 0 Å². The molecule has 1 saturated heterocycles. The van der Waals surface area contributed by atoms with Crippen LogP contribution in [0, 0.1) is 6.92 Å². The second-order valence-corrected chi connectivity index (χ2v) is 7.10. The van der Waals surface area contributed by atoms with Crippen LogP contribution in [0.3, 0.4) is 0 Å². The van der Waals surface area contributed by atoms with Crippen LogP contribution in [0.5, 0.6) is 0 Å². The molecule has 1 heterocycles. The molecule has 1 aromatic rings. The summed E-state index contributed by atoms with van der Waals surface area (Å²) in [5, 5.41) is 3.91. The summed E-state index contributed by atoms with van der Waals surface area (Å²) in [7, 11) is 0. The summed E-state index contributed by atoms with van der Waals surface area (Å²) in [5.41, 5.74) is 3.05. The summed E-state index contributed by atoms with van der Waals surface area (Å²) in [4.78, 5) is 2.70. The van der Waals surface area contributed by atoms with E-state index in [0.717, 1.165) is 24.0 Å². The van der Waals surface area contributed by atoms with Gasteiger partial charge in [0, 0.05) is 31.2 Å². The Morgan fingerprint density at radius 1 is 1.05 bits per heavy atom. The lowest BCUT2D eigenvalue weighted by Crippen LogP contribution is -2.46. The Bertz CT molecular complexity index is 474. The van der Waals surface area contributed by atoms with E-state index in [4.69, 9.17) is 0 Å². The molecular weight excluding hydrogens is 244 g/mol. The molecule has 1 unspecified atom stereocenters. The molecule has 2 heteroatoms. The number of aryl methyl sites for hydroxylation is 1. The Kier molecular flexibility index (Phi) is 3.31. The average Bonchev–Trinajstić information content (AvgIpc) is 3.15. The van der Waals surface area contributed by atoms with Crippen molar-refractivity contribution in [1.82, 2.24) is 10.2 Å². The van der Waals surface area contributed by atoms with Crippen LogP contribution < -0.4 is 5.32 Å². The lowest BCUT2D eigenvalue weighted by Gasteiger charge is -2.38. The van der Waals surface area contributed by atoms with Gasteiger partial charge in [0.25, 0.3) is 0 Å². The smallest absolute Gasteiger partial charge is 0.0209 e. The van der Waals surface area contributed by atoms with Gasteiger partial charge in [-0.15, -0.1) is 0 Å². The average molecular weight is 270 g/mol. The number of nitrogens with zero attached hydrogens (tertiary/aromatic N) is 1. The Hall–Kier alpha value is -0.860. The topological polar surface area (TPSA) is 15.3 Å². The van der Waals surface area contributed by atoms with Crippen LogP contribution in [-0.2, 0) is 0 Å². The quantitative estimate of drug-likeness (QED) is 0.904. The van der Waals surface area contributed by atoms with Crippen molar-refractivity contribution in [3.63, 3.8) is 0 Å². The maximum Gasteiger partial charge on any atom is 0.0209 e.